The molecule has 0 unspecified atom stereocenters. The third-order valence-corrected chi connectivity index (χ3v) is 5.14. The minimum atomic E-state index is -0.294. The molecule has 8 nitrogen and oxygen atoms in total. The third kappa shape index (κ3) is 3.79. The van der Waals surface area contributed by atoms with Gasteiger partial charge in [0.05, 0.1) is 16.8 Å². The molecule has 1 fully saturated rings. The highest BCUT2D eigenvalue weighted by molar-refractivity contribution is 5.91. The van der Waals surface area contributed by atoms with Crippen LogP contribution < -0.4 is 10.2 Å². The molecule has 0 radical (unpaired) electrons. The van der Waals surface area contributed by atoms with E-state index in [-0.39, 0.29) is 17.9 Å². The minimum absolute atomic E-state index is 0.0334. The number of rotatable bonds is 3. The number of nitrogens with zero attached hydrogens (tertiary/aromatic N) is 6. The van der Waals surface area contributed by atoms with E-state index in [1.807, 2.05) is 32.6 Å². The zero-order chi connectivity index (χ0) is 21.4. The molecule has 158 valence electrons. The van der Waals surface area contributed by atoms with Crippen LogP contribution in [0.15, 0.2) is 24.3 Å². The van der Waals surface area contributed by atoms with Crippen LogP contribution in [0.5, 0.6) is 0 Å². The number of halogens is 1. The molecule has 1 aliphatic rings. The second-order valence-electron chi connectivity index (χ2n) is 7.84. The number of benzene rings is 1. The van der Waals surface area contributed by atoms with Crippen LogP contribution in [0.3, 0.4) is 0 Å². The van der Waals surface area contributed by atoms with E-state index in [0.29, 0.717) is 37.7 Å². The summed E-state index contributed by atoms with van der Waals surface area (Å²) in [6.45, 7) is 10.3. The number of carbonyl (C=O) groups is 1. The summed E-state index contributed by atoms with van der Waals surface area (Å²) >= 11 is 0. The van der Waals surface area contributed by atoms with Gasteiger partial charge in [-0.05, 0) is 52.0 Å². The number of nitrogens with one attached hydrogen (secondary N) is 1. The number of urea groups is 1. The predicted octanol–water partition coefficient (Wildman–Crippen LogP) is 2.81. The molecule has 2 amide bonds. The van der Waals surface area contributed by atoms with Gasteiger partial charge in [-0.2, -0.15) is 5.10 Å². The van der Waals surface area contributed by atoms with Crippen molar-refractivity contribution in [3.63, 3.8) is 0 Å². The molecule has 0 spiro atoms. The Bertz CT molecular complexity index is 1070. The second-order valence-corrected chi connectivity index (χ2v) is 7.84. The summed E-state index contributed by atoms with van der Waals surface area (Å²) in [6.07, 6.45) is 0. The Kier molecular flexibility index (Phi) is 5.27. The normalized spacial score (nSPS) is 14.6. The maximum atomic E-state index is 13.4. The summed E-state index contributed by atoms with van der Waals surface area (Å²) in [5, 5.41) is 8.48. The molecule has 1 aliphatic heterocycles. The molecule has 1 aromatic carbocycles. The lowest BCUT2D eigenvalue weighted by atomic mass is 10.2. The molecule has 0 saturated carbocycles. The molecular formula is C21H26FN7O. The number of fused-ring (bicyclic) bond motifs is 1. The van der Waals surface area contributed by atoms with Crippen molar-refractivity contribution < 1.29 is 9.18 Å². The van der Waals surface area contributed by atoms with E-state index >= 15 is 0 Å². The van der Waals surface area contributed by atoms with Gasteiger partial charge in [-0.25, -0.2) is 23.8 Å². The summed E-state index contributed by atoms with van der Waals surface area (Å²) in [5.41, 5.74) is 2.25. The van der Waals surface area contributed by atoms with E-state index in [4.69, 9.17) is 4.98 Å². The van der Waals surface area contributed by atoms with Crippen LogP contribution in [0.4, 0.5) is 15.0 Å². The standard InChI is InChI=1S/C21H26FN7O/c1-13(2)23-21(30)28-11-9-27(10-12-28)19-18-14(3)26-29(20(18)25-15(4)24-19)17-7-5-16(22)6-8-17/h5-8,13H,9-12H2,1-4H3,(H,23,30). The lowest BCUT2D eigenvalue weighted by molar-refractivity contribution is 0.192. The number of piperazine rings is 1. The first-order valence-electron chi connectivity index (χ1n) is 10.1. The summed E-state index contributed by atoms with van der Waals surface area (Å²) < 4.78 is 15.1. The van der Waals surface area contributed by atoms with E-state index < -0.39 is 0 Å². The van der Waals surface area contributed by atoms with Crippen molar-refractivity contribution in [2.75, 3.05) is 31.1 Å². The van der Waals surface area contributed by atoms with Gasteiger partial charge < -0.3 is 15.1 Å². The maximum absolute atomic E-state index is 13.4. The molecule has 4 rings (SSSR count). The molecule has 1 saturated heterocycles. The average molecular weight is 411 g/mol. The van der Waals surface area contributed by atoms with Crippen molar-refractivity contribution in [1.29, 1.82) is 0 Å². The van der Waals surface area contributed by atoms with Gasteiger partial charge in [0, 0.05) is 32.2 Å². The largest absolute Gasteiger partial charge is 0.352 e. The van der Waals surface area contributed by atoms with Gasteiger partial charge >= 0.3 is 6.03 Å². The van der Waals surface area contributed by atoms with E-state index in [9.17, 15) is 9.18 Å². The zero-order valence-corrected chi connectivity index (χ0v) is 17.7. The average Bonchev–Trinajstić information content (AvgIpc) is 3.04. The van der Waals surface area contributed by atoms with Gasteiger partial charge in [0.1, 0.15) is 17.5 Å². The van der Waals surface area contributed by atoms with Gasteiger partial charge in [-0.1, -0.05) is 0 Å². The van der Waals surface area contributed by atoms with Crippen molar-refractivity contribution >= 4 is 22.9 Å². The summed E-state index contributed by atoms with van der Waals surface area (Å²) in [6, 6.07) is 6.27. The van der Waals surface area contributed by atoms with E-state index in [1.165, 1.54) is 12.1 Å². The topological polar surface area (TPSA) is 79.2 Å². The Hall–Kier alpha value is -3.23. The van der Waals surface area contributed by atoms with Crippen molar-refractivity contribution in [2.45, 2.75) is 33.7 Å². The minimum Gasteiger partial charge on any atom is -0.352 e. The first-order valence-corrected chi connectivity index (χ1v) is 10.1. The lowest BCUT2D eigenvalue weighted by Crippen LogP contribution is -2.53. The van der Waals surface area contributed by atoms with Crippen molar-refractivity contribution in [1.82, 2.24) is 30.0 Å². The summed E-state index contributed by atoms with van der Waals surface area (Å²) in [4.78, 5) is 25.6. The van der Waals surface area contributed by atoms with Crippen LogP contribution in [-0.2, 0) is 0 Å². The molecule has 0 aliphatic carbocycles. The zero-order valence-electron chi connectivity index (χ0n) is 17.7. The van der Waals surface area contributed by atoms with Crippen LogP contribution >= 0.6 is 0 Å². The Labute approximate surface area is 174 Å². The Morgan fingerprint density at radius 2 is 1.73 bits per heavy atom. The van der Waals surface area contributed by atoms with Crippen LogP contribution in [0.1, 0.15) is 25.4 Å². The fraction of sp³-hybridized carbons (Fsp3) is 0.429. The Morgan fingerprint density at radius 3 is 2.37 bits per heavy atom. The first-order chi connectivity index (χ1) is 14.3. The molecule has 30 heavy (non-hydrogen) atoms. The smallest absolute Gasteiger partial charge is 0.317 e. The van der Waals surface area contributed by atoms with Crippen LogP contribution in [-0.4, -0.2) is 62.9 Å². The molecule has 3 heterocycles. The molecule has 0 atom stereocenters. The van der Waals surface area contributed by atoms with Crippen molar-refractivity contribution in [2.24, 2.45) is 0 Å². The highest BCUT2D eigenvalue weighted by atomic mass is 19.1. The molecule has 3 aromatic rings. The van der Waals surface area contributed by atoms with E-state index in [0.717, 1.165) is 22.6 Å². The number of amides is 2. The van der Waals surface area contributed by atoms with Crippen LogP contribution in [0.25, 0.3) is 16.7 Å². The van der Waals surface area contributed by atoms with Gasteiger partial charge in [0.15, 0.2) is 5.65 Å². The summed E-state index contributed by atoms with van der Waals surface area (Å²) in [5.74, 6) is 1.17. The number of hydrogen-bond acceptors (Lipinski definition) is 5. The fourth-order valence-corrected chi connectivity index (χ4v) is 3.72. The highest BCUT2D eigenvalue weighted by Crippen LogP contribution is 2.29. The third-order valence-electron chi connectivity index (χ3n) is 5.14. The van der Waals surface area contributed by atoms with Crippen molar-refractivity contribution in [3.8, 4) is 5.69 Å². The van der Waals surface area contributed by atoms with Gasteiger partial charge in [-0.15, -0.1) is 0 Å². The molecule has 1 N–H and O–H groups in total. The summed E-state index contributed by atoms with van der Waals surface area (Å²) in [7, 11) is 0. The number of anilines is 1. The second kappa shape index (κ2) is 7.89. The van der Waals surface area contributed by atoms with Crippen molar-refractivity contribution in [3.05, 3.63) is 41.6 Å². The number of carbonyl (C=O) groups excluding carboxylic acids is 1. The SMILES string of the molecule is Cc1nc(N2CCN(C(=O)NC(C)C)CC2)c2c(C)nn(-c3ccc(F)cc3)c2n1. The highest BCUT2D eigenvalue weighted by Gasteiger charge is 2.26. The Morgan fingerprint density at radius 1 is 1.07 bits per heavy atom. The predicted molar refractivity (Wildman–Crippen MR) is 114 cm³/mol. The first kappa shape index (κ1) is 20.1. The fourth-order valence-electron chi connectivity index (χ4n) is 3.72. The monoisotopic (exact) mass is 411 g/mol. The lowest BCUT2D eigenvalue weighted by Gasteiger charge is -2.36. The van der Waals surface area contributed by atoms with E-state index in [2.05, 4.69) is 20.3 Å². The maximum Gasteiger partial charge on any atom is 0.317 e. The molecule has 0 bridgehead atoms. The number of hydrogen-bond donors (Lipinski definition) is 1. The molecule has 2 aromatic heterocycles. The molecule has 9 heteroatoms. The number of aryl methyl sites for hydroxylation is 2. The van der Waals surface area contributed by atoms with Gasteiger partial charge in [-0.3, -0.25) is 0 Å². The quantitative estimate of drug-likeness (QED) is 0.717. The van der Waals surface area contributed by atoms with Crippen LogP contribution in [0, 0.1) is 19.7 Å². The molecular weight excluding hydrogens is 385 g/mol. The number of aromatic nitrogens is 4. The Balaban J connectivity index is 1.66. The van der Waals surface area contributed by atoms with Gasteiger partial charge in [0.25, 0.3) is 0 Å². The van der Waals surface area contributed by atoms with E-state index in [1.54, 1.807) is 16.8 Å². The van der Waals surface area contributed by atoms with Gasteiger partial charge in [0.2, 0.25) is 0 Å². The van der Waals surface area contributed by atoms with Crippen LogP contribution in [0.2, 0.25) is 0 Å².